The third-order valence-corrected chi connectivity index (χ3v) is 1.96. The molecule has 96 valence electrons. The molecule has 0 aromatic carbocycles. The van der Waals surface area contributed by atoms with Crippen LogP contribution in [0.3, 0.4) is 0 Å². The van der Waals surface area contributed by atoms with E-state index in [0.29, 0.717) is 0 Å². The number of aromatic hydroxyl groups is 1. The molecule has 0 fully saturated rings. The van der Waals surface area contributed by atoms with Crippen LogP contribution in [0.5, 0.6) is 5.75 Å². The Bertz CT molecular complexity index is 588. The van der Waals surface area contributed by atoms with Gasteiger partial charge in [0.15, 0.2) is 0 Å². The first kappa shape index (κ1) is 13.4. The maximum Gasteiger partial charge on any atom is 0.348 e. The summed E-state index contributed by atoms with van der Waals surface area (Å²) >= 11 is 0. The highest BCUT2D eigenvalue weighted by molar-refractivity contribution is 6.34. The van der Waals surface area contributed by atoms with E-state index in [1.165, 1.54) is 19.9 Å². The maximum absolute atomic E-state index is 11.5. The zero-order valence-corrected chi connectivity index (χ0v) is 9.68. The van der Waals surface area contributed by atoms with E-state index in [1.807, 2.05) is 5.43 Å². The number of hydrazone groups is 1. The van der Waals surface area contributed by atoms with Crippen LogP contribution in [0.25, 0.3) is 0 Å². The summed E-state index contributed by atoms with van der Waals surface area (Å²) in [6.07, 6.45) is 0. The summed E-state index contributed by atoms with van der Waals surface area (Å²) in [6.45, 7) is 2.84. The van der Waals surface area contributed by atoms with Gasteiger partial charge in [-0.2, -0.15) is 5.10 Å². The van der Waals surface area contributed by atoms with Crippen molar-refractivity contribution in [2.75, 3.05) is 0 Å². The van der Waals surface area contributed by atoms with Crippen LogP contribution in [0.4, 0.5) is 0 Å². The first-order chi connectivity index (χ1) is 8.32. The minimum atomic E-state index is -1.22. The Morgan fingerprint density at radius 3 is 2.61 bits per heavy atom. The predicted molar refractivity (Wildman–Crippen MR) is 60.9 cm³/mol. The number of nitrogens with two attached hydrogens (primary N) is 1. The van der Waals surface area contributed by atoms with Crippen LogP contribution < -0.4 is 16.8 Å². The Morgan fingerprint density at radius 2 is 2.11 bits per heavy atom. The van der Waals surface area contributed by atoms with E-state index < -0.39 is 17.4 Å². The zero-order chi connectivity index (χ0) is 13.9. The van der Waals surface area contributed by atoms with Crippen LogP contribution in [-0.2, 0) is 9.59 Å². The van der Waals surface area contributed by atoms with Crippen molar-refractivity contribution in [1.29, 1.82) is 0 Å². The summed E-state index contributed by atoms with van der Waals surface area (Å²) in [4.78, 5) is 32.8. The molecule has 0 saturated carbocycles. The Kier molecular flexibility index (Phi) is 3.82. The molecule has 2 amide bonds. The van der Waals surface area contributed by atoms with E-state index in [9.17, 15) is 19.5 Å². The Morgan fingerprint density at radius 1 is 1.50 bits per heavy atom. The van der Waals surface area contributed by atoms with Crippen LogP contribution in [0.2, 0.25) is 0 Å². The predicted octanol–water partition coefficient (Wildman–Crippen LogP) is -1.02. The van der Waals surface area contributed by atoms with Crippen molar-refractivity contribution in [1.82, 2.24) is 5.43 Å². The number of carbonyl (C=O) groups is 2. The van der Waals surface area contributed by atoms with Crippen LogP contribution in [0, 0.1) is 6.92 Å². The van der Waals surface area contributed by atoms with Crippen molar-refractivity contribution < 1.29 is 19.1 Å². The van der Waals surface area contributed by atoms with Crippen LogP contribution >= 0.6 is 0 Å². The lowest BCUT2D eigenvalue weighted by molar-refractivity contribution is -0.137. The van der Waals surface area contributed by atoms with Gasteiger partial charge in [0.1, 0.15) is 17.1 Å². The minimum absolute atomic E-state index is 0.0177. The van der Waals surface area contributed by atoms with Crippen molar-refractivity contribution in [2.45, 2.75) is 13.8 Å². The summed E-state index contributed by atoms with van der Waals surface area (Å²) in [5.74, 6) is -2.45. The van der Waals surface area contributed by atoms with E-state index >= 15 is 0 Å². The standard InChI is InChI=1S/C10H11N3O5/c1-4-3-6(14)7(10(17)18-4)5(2)12-13-9(16)8(11)15/h3,14H,1-2H3,(H2,11,15)(H,13,16). The second-order valence-electron chi connectivity index (χ2n) is 3.41. The monoisotopic (exact) mass is 253 g/mol. The van der Waals surface area contributed by atoms with Gasteiger partial charge in [-0.1, -0.05) is 0 Å². The van der Waals surface area contributed by atoms with Gasteiger partial charge in [-0.05, 0) is 13.8 Å². The number of primary amides is 1. The van der Waals surface area contributed by atoms with Crippen molar-refractivity contribution in [3.8, 4) is 5.75 Å². The van der Waals surface area contributed by atoms with Gasteiger partial charge < -0.3 is 15.3 Å². The summed E-state index contributed by atoms with van der Waals surface area (Å²) in [5.41, 5.74) is 5.50. The van der Waals surface area contributed by atoms with Crippen molar-refractivity contribution in [2.24, 2.45) is 10.8 Å². The second kappa shape index (κ2) is 5.13. The number of nitrogens with zero attached hydrogens (tertiary/aromatic N) is 1. The van der Waals surface area contributed by atoms with Crippen molar-refractivity contribution >= 4 is 17.5 Å². The molecule has 0 bridgehead atoms. The molecule has 1 aromatic heterocycles. The summed E-state index contributed by atoms with van der Waals surface area (Å²) in [6, 6.07) is 1.23. The molecule has 1 aromatic rings. The van der Waals surface area contributed by atoms with Crippen LogP contribution in [0.1, 0.15) is 18.2 Å². The Balaban J connectivity index is 3.08. The Labute approximate surface area is 101 Å². The van der Waals surface area contributed by atoms with Gasteiger partial charge >= 0.3 is 17.4 Å². The lowest BCUT2D eigenvalue weighted by Gasteiger charge is -2.03. The largest absolute Gasteiger partial charge is 0.507 e. The molecular formula is C10H11N3O5. The van der Waals surface area contributed by atoms with Gasteiger partial charge in [0.25, 0.3) is 0 Å². The van der Waals surface area contributed by atoms with Crippen molar-refractivity contribution in [3.63, 3.8) is 0 Å². The van der Waals surface area contributed by atoms with E-state index in [1.54, 1.807) is 0 Å². The molecule has 0 spiro atoms. The van der Waals surface area contributed by atoms with Gasteiger partial charge in [-0.25, -0.2) is 10.2 Å². The number of hydrogen-bond donors (Lipinski definition) is 3. The number of rotatable bonds is 2. The number of aryl methyl sites for hydroxylation is 1. The third-order valence-electron chi connectivity index (χ3n) is 1.96. The molecule has 1 rings (SSSR count). The molecule has 0 saturated heterocycles. The van der Waals surface area contributed by atoms with E-state index in [0.717, 1.165) is 0 Å². The fourth-order valence-corrected chi connectivity index (χ4v) is 1.17. The first-order valence-corrected chi connectivity index (χ1v) is 4.81. The molecule has 0 aliphatic rings. The average molecular weight is 253 g/mol. The number of amides is 2. The highest BCUT2D eigenvalue weighted by Crippen LogP contribution is 2.14. The second-order valence-corrected chi connectivity index (χ2v) is 3.41. The molecule has 0 atom stereocenters. The molecule has 0 radical (unpaired) electrons. The van der Waals surface area contributed by atoms with Gasteiger partial charge in [-0.15, -0.1) is 0 Å². The molecule has 4 N–H and O–H groups in total. The lowest BCUT2D eigenvalue weighted by atomic mass is 10.2. The third kappa shape index (κ3) is 2.94. The van der Waals surface area contributed by atoms with Crippen molar-refractivity contribution in [3.05, 3.63) is 27.8 Å². The Hall–Kier alpha value is -2.64. The lowest BCUT2D eigenvalue weighted by Crippen LogP contribution is -2.33. The van der Waals surface area contributed by atoms with Gasteiger partial charge in [0, 0.05) is 6.07 Å². The van der Waals surface area contributed by atoms with Gasteiger partial charge in [0.05, 0.1) is 5.71 Å². The van der Waals surface area contributed by atoms with Crippen LogP contribution in [0.15, 0.2) is 20.4 Å². The fourth-order valence-electron chi connectivity index (χ4n) is 1.17. The summed E-state index contributed by atoms with van der Waals surface area (Å²) in [7, 11) is 0. The molecule has 1 heterocycles. The molecular weight excluding hydrogens is 242 g/mol. The molecule has 8 heteroatoms. The normalized spacial score (nSPS) is 11.1. The van der Waals surface area contributed by atoms with Gasteiger partial charge in [0.2, 0.25) is 0 Å². The number of carbonyl (C=O) groups excluding carboxylic acids is 2. The molecule has 0 aliphatic carbocycles. The fraction of sp³-hybridized carbons (Fsp3) is 0.200. The van der Waals surface area contributed by atoms with E-state index in [2.05, 4.69) is 5.10 Å². The van der Waals surface area contributed by atoms with Crippen LogP contribution in [-0.4, -0.2) is 22.6 Å². The van der Waals surface area contributed by atoms with E-state index in [4.69, 9.17) is 10.2 Å². The highest BCUT2D eigenvalue weighted by atomic mass is 16.4. The summed E-state index contributed by atoms with van der Waals surface area (Å²) in [5, 5.41) is 13.0. The summed E-state index contributed by atoms with van der Waals surface area (Å²) < 4.78 is 4.76. The van der Waals surface area contributed by atoms with Gasteiger partial charge in [-0.3, -0.25) is 9.59 Å². The SMILES string of the molecule is CC(=NNC(=O)C(N)=O)c1c(O)cc(C)oc1=O. The minimum Gasteiger partial charge on any atom is -0.507 e. The average Bonchev–Trinajstić information content (AvgIpc) is 2.24. The highest BCUT2D eigenvalue weighted by Gasteiger charge is 2.14. The molecule has 0 unspecified atom stereocenters. The first-order valence-electron chi connectivity index (χ1n) is 4.81. The number of hydrogen-bond acceptors (Lipinski definition) is 6. The zero-order valence-electron chi connectivity index (χ0n) is 9.68. The quantitative estimate of drug-likeness (QED) is 0.352. The van der Waals surface area contributed by atoms with E-state index in [-0.39, 0.29) is 22.8 Å². The molecule has 18 heavy (non-hydrogen) atoms. The molecule has 8 nitrogen and oxygen atoms in total. The smallest absolute Gasteiger partial charge is 0.348 e. The topological polar surface area (TPSA) is 135 Å². The molecule has 0 aliphatic heterocycles. The maximum atomic E-state index is 11.5. The number of nitrogens with one attached hydrogen (secondary N) is 1.